The summed E-state index contributed by atoms with van der Waals surface area (Å²) in [5.41, 5.74) is 6.79. The Morgan fingerprint density at radius 1 is 0.941 bits per heavy atom. The molecule has 0 bridgehead atoms. The molecule has 1 aromatic heterocycles. The van der Waals surface area contributed by atoms with Gasteiger partial charge in [-0.15, -0.1) is 10.2 Å². The summed E-state index contributed by atoms with van der Waals surface area (Å²) >= 11 is 0. The molecular formula is C22H16F3N4NaO3S. The number of halogens is 3. The van der Waals surface area contributed by atoms with Crippen LogP contribution >= 0.6 is 0 Å². The number of nitrogens with two attached hydrogens (primary N) is 1. The zero-order chi connectivity index (χ0) is 23.8. The average molecular weight is 496 g/mol. The monoisotopic (exact) mass is 496 g/mol. The molecule has 34 heavy (non-hydrogen) atoms. The summed E-state index contributed by atoms with van der Waals surface area (Å²) in [6, 6.07) is 15.2. The predicted octanol–water partition coefficient (Wildman–Crippen LogP) is 3.28. The van der Waals surface area contributed by atoms with Crippen molar-refractivity contribution in [2.45, 2.75) is 11.1 Å². The third-order valence-corrected chi connectivity index (χ3v) is 5.73. The number of alkyl halides is 3. The van der Waals surface area contributed by atoms with Gasteiger partial charge in [0.2, 0.25) is 0 Å². The first-order valence-corrected chi connectivity index (χ1v) is 10.8. The molecule has 170 valence electrons. The number of nitrogens with zero attached hydrogens (tertiary/aromatic N) is 3. The number of anilines is 1. The van der Waals surface area contributed by atoms with Crippen LogP contribution in [-0.4, -0.2) is 18.0 Å². The quantitative estimate of drug-likeness (QED) is 0.195. The molecule has 0 fully saturated rings. The first kappa shape index (κ1) is 25.8. The molecule has 0 aliphatic rings. The first-order valence-electron chi connectivity index (χ1n) is 9.38. The summed E-state index contributed by atoms with van der Waals surface area (Å²) in [6.07, 6.45) is -3.06. The standard InChI is InChI=1S/C22H15F3N4O3S.Na.H/c23-22(24,25)14-7-5-13(6-8-14)18-10-9-15(12-27-18)28-29-19-11-20(33(30,31)32)16-3-1-2-4-17(16)21(19)26;;/h1-12H,26H2,(H,30,31,32);;/q;+1;-1. The van der Waals surface area contributed by atoms with Crippen molar-refractivity contribution in [3.63, 3.8) is 0 Å². The van der Waals surface area contributed by atoms with E-state index >= 15 is 0 Å². The van der Waals surface area contributed by atoms with Gasteiger partial charge in [-0.2, -0.15) is 21.6 Å². The molecule has 4 rings (SSSR count). The molecule has 0 saturated heterocycles. The summed E-state index contributed by atoms with van der Waals surface area (Å²) in [5, 5.41) is 8.64. The minimum atomic E-state index is -4.54. The van der Waals surface area contributed by atoms with E-state index < -0.39 is 21.9 Å². The van der Waals surface area contributed by atoms with Crippen molar-refractivity contribution >= 4 is 38.0 Å². The van der Waals surface area contributed by atoms with Gasteiger partial charge in [-0.05, 0) is 30.3 Å². The summed E-state index contributed by atoms with van der Waals surface area (Å²) in [6.45, 7) is 0. The molecule has 0 radical (unpaired) electrons. The van der Waals surface area contributed by atoms with Crippen LogP contribution in [0.25, 0.3) is 22.0 Å². The molecule has 12 heteroatoms. The number of hydrogen-bond acceptors (Lipinski definition) is 6. The van der Waals surface area contributed by atoms with Gasteiger partial charge < -0.3 is 7.16 Å². The third-order valence-electron chi connectivity index (χ3n) is 4.83. The van der Waals surface area contributed by atoms with Gasteiger partial charge >= 0.3 is 35.7 Å². The van der Waals surface area contributed by atoms with Crippen LogP contribution in [0.2, 0.25) is 0 Å². The number of nitrogen functional groups attached to an aromatic ring is 1. The van der Waals surface area contributed by atoms with Crippen molar-refractivity contribution < 1.29 is 57.1 Å². The van der Waals surface area contributed by atoms with E-state index in [9.17, 15) is 26.1 Å². The molecule has 0 saturated carbocycles. The molecule has 0 unspecified atom stereocenters. The maximum absolute atomic E-state index is 12.7. The number of azo groups is 1. The van der Waals surface area contributed by atoms with E-state index in [1.165, 1.54) is 24.4 Å². The van der Waals surface area contributed by atoms with Gasteiger partial charge in [-0.1, -0.05) is 36.4 Å². The van der Waals surface area contributed by atoms with Crippen molar-refractivity contribution in [1.29, 1.82) is 0 Å². The van der Waals surface area contributed by atoms with Crippen molar-refractivity contribution in [2.75, 3.05) is 5.73 Å². The van der Waals surface area contributed by atoms with E-state index in [1.54, 1.807) is 30.3 Å². The number of benzene rings is 3. The van der Waals surface area contributed by atoms with Gasteiger partial charge in [-0.25, -0.2) is 0 Å². The van der Waals surface area contributed by atoms with E-state index in [0.29, 0.717) is 22.3 Å². The zero-order valence-electron chi connectivity index (χ0n) is 18.7. The normalized spacial score (nSPS) is 12.1. The van der Waals surface area contributed by atoms with Gasteiger partial charge in [0.05, 0.1) is 23.1 Å². The van der Waals surface area contributed by atoms with Crippen molar-refractivity contribution in [1.82, 2.24) is 4.98 Å². The van der Waals surface area contributed by atoms with E-state index in [1.807, 2.05) is 0 Å². The van der Waals surface area contributed by atoms with Crippen molar-refractivity contribution in [3.8, 4) is 11.3 Å². The van der Waals surface area contributed by atoms with Crippen LogP contribution in [0, 0.1) is 0 Å². The average Bonchev–Trinajstić information content (AvgIpc) is 2.78. The van der Waals surface area contributed by atoms with Gasteiger partial charge in [0.1, 0.15) is 16.3 Å². The molecule has 3 aromatic carbocycles. The minimum Gasteiger partial charge on any atom is -1.00 e. The van der Waals surface area contributed by atoms with Crippen LogP contribution in [0.4, 0.5) is 30.2 Å². The van der Waals surface area contributed by atoms with E-state index in [2.05, 4.69) is 15.2 Å². The molecule has 7 nitrogen and oxygen atoms in total. The third kappa shape index (κ3) is 5.45. The Bertz CT molecular complexity index is 1480. The fraction of sp³-hybridized carbons (Fsp3) is 0.0455. The topological polar surface area (TPSA) is 118 Å². The Morgan fingerprint density at radius 2 is 1.59 bits per heavy atom. The number of fused-ring (bicyclic) bond motifs is 1. The van der Waals surface area contributed by atoms with Crippen LogP contribution in [0.15, 0.2) is 88.1 Å². The van der Waals surface area contributed by atoms with Crippen molar-refractivity contribution in [2.24, 2.45) is 10.2 Å². The first-order chi connectivity index (χ1) is 15.5. The Morgan fingerprint density at radius 3 is 2.15 bits per heavy atom. The number of pyridine rings is 1. The summed E-state index contributed by atoms with van der Waals surface area (Å²) in [7, 11) is -4.54. The number of hydrogen-bond donors (Lipinski definition) is 2. The molecule has 4 aromatic rings. The maximum Gasteiger partial charge on any atom is 1.00 e. The van der Waals surface area contributed by atoms with Crippen LogP contribution in [0.1, 0.15) is 6.99 Å². The fourth-order valence-corrected chi connectivity index (χ4v) is 3.92. The second kappa shape index (κ2) is 9.80. The molecule has 0 aliphatic carbocycles. The summed E-state index contributed by atoms with van der Waals surface area (Å²) in [5.74, 6) is 0. The summed E-state index contributed by atoms with van der Waals surface area (Å²) in [4.78, 5) is 3.83. The number of rotatable bonds is 4. The molecule has 0 amide bonds. The van der Waals surface area contributed by atoms with Crippen molar-refractivity contribution in [3.05, 3.63) is 78.5 Å². The largest absolute Gasteiger partial charge is 1.00 e. The Kier molecular flexibility index (Phi) is 7.44. The molecule has 3 N–H and O–H groups in total. The van der Waals surface area contributed by atoms with Gasteiger partial charge in [0, 0.05) is 16.3 Å². The Labute approximate surface area is 216 Å². The second-order valence-corrected chi connectivity index (χ2v) is 8.39. The van der Waals surface area contributed by atoms with Crippen LogP contribution in [-0.2, 0) is 16.3 Å². The van der Waals surface area contributed by atoms with E-state index in [0.717, 1.165) is 18.2 Å². The predicted molar refractivity (Wildman–Crippen MR) is 118 cm³/mol. The van der Waals surface area contributed by atoms with Gasteiger partial charge in [-0.3, -0.25) is 9.54 Å². The smallest absolute Gasteiger partial charge is 1.00 e. The molecular weight excluding hydrogens is 480 g/mol. The Balaban J connectivity index is 0.00000216. The van der Waals surface area contributed by atoms with E-state index in [-0.39, 0.29) is 52.6 Å². The minimum absolute atomic E-state index is 0. The van der Waals surface area contributed by atoms with Gasteiger partial charge in [0.25, 0.3) is 10.1 Å². The Hall–Kier alpha value is -2.83. The summed E-state index contributed by atoms with van der Waals surface area (Å²) < 4.78 is 71.3. The SMILES string of the molecule is Nc1c(N=Nc2ccc(-c3ccc(C(F)(F)F)cc3)nc2)cc(S(=O)(=O)O)c2ccccc12.[H-].[Na+]. The molecule has 1 heterocycles. The molecule has 0 atom stereocenters. The number of aromatic nitrogens is 1. The van der Waals surface area contributed by atoms with Crippen LogP contribution in [0.3, 0.4) is 0 Å². The molecule has 0 aliphatic heterocycles. The van der Waals surface area contributed by atoms with Crippen LogP contribution in [0.5, 0.6) is 0 Å². The van der Waals surface area contributed by atoms with Gasteiger partial charge in [0.15, 0.2) is 0 Å². The zero-order valence-corrected chi connectivity index (χ0v) is 20.5. The second-order valence-electron chi connectivity index (χ2n) is 7.00. The van der Waals surface area contributed by atoms with E-state index in [4.69, 9.17) is 5.73 Å². The molecule has 0 spiro atoms. The maximum atomic E-state index is 12.7. The van der Waals surface area contributed by atoms with Crippen LogP contribution < -0.4 is 35.3 Å². The fourth-order valence-electron chi connectivity index (χ4n) is 3.20.